The summed E-state index contributed by atoms with van der Waals surface area (Å²) in [5.74, 6) is 0.231. The van der Waals surface area contributed by atoms with Gasteiger partial charge in [0, 0.05) is 11.3 Å². The Labute approximate surface area is 116 Å². The molecular weight excluding hydrogens is 254 g/mol. The van der Waals surface area contributed by atoms with Crippen LogP contribution in [0.1, 0.15) is 16.8 Å². The van der Waals surface area contributed by atoms with Crippen molar-refractivity contribution in [1.29, 1.82) is 0 Å². The van der Waals surface area contributed by atoms with Crippen molar-refractivity contribution >= 4 is 23.1 Å². The van der Waals surface area contributed by atoms with E-state index in [1.807, 2.05) is 30.3 Å². The fourth-order valence-electron chi connectivity index (χ4n) is 2.37. The molecule has 0 saturated carbocycles. The second kappa shape index (κ2) is 4.81. The molecule has 0 aromatic heterocycles. The summed E-state index contributed by atoms with van der Waals surface area (Å²) in [6.07, 6.45) is -0.116. The minimum Gasteiger partial charge on any atom is -0.497 e. The minimum atomic E-state index is -0.209. The maximum Gasteiger partial charge on any atom is 0.239 e. The van der Waals surface area contributed by atoms with Crippen molar-refractivity contribution in [3.63, 3.8) is 0 Å². The van der Waals surface area contributed by atoms with Crippen LogP contribution in [0.5, 0.6) is 5.75 Å². The first-order chi connectivity index (χ1) is 9.70. The molecule has 0 aliphatic carbocycles. The number of Topliss-reactive ketones (excluding diaryl/α,β-unsaturated/α-hetero) is 1. The molecule has 4 heteroatoms. The topological polar surface area (TPSA) is 46.6 Å². The normalized spacial score (nSPS) is 14.2. The second-order valence-corrected chi connectivity index (χ2v) is 4.55. The molecule has 0 atom stereocenters. The number of ketones is 1. The van der Waals surface area contributed by atoms with E-state index in [2.05, 4.69) is 0 Å². The zero-order valence-corrected chi connectivity index (χ0v) is 11.0. The maximum atomic E-state index is 12.2. The number of amides is 1. The largest absolute Gasteiger partial charge is 0.497 e. The van der Waals surface area contributed by atoms with Crippen LogP contribution in [0.15, 0.2) is 48.5 Å². The van der Waals surface area contributed by atoms with Crippen molar-refractivity contribution in [1.82, 2.24) is 0 Å². The first-order valence-electron chi connectivity index (χ1n) is 6.30. The molecule has 0 bridgehead atoms. The van der Waals surface area contributed by atoms with Crippen LogP contribution >= 0.6 is 0 Å². The third-order valence-electron chi connectivity index (χ3n) is 3.32. The van der Waals surface area contributed by atoms with Crippen LogP contribution in [0.25, 0.3) is 0 Å². The van der Waals surface area contributed by atoms with E-state index in [0.29, 0.717) is 17.0 Å². The molecule has 0 N–H and O–H groups in total. The van der Waals surface area contributed by atoms with Crippen molar-refractivity contribution < 1.29 is 14.3 Å². The molecule has 0 spiro atoms. The number of nitrogens with zero attached hydrogens (tertiary/aromatic N) is 1. The Balaban J connectivity index is 2.16. The highest BCUT2D eigenvalue weighted by Crippen LogP contribution is 2.35. The summed E-state index contributed by atoms with van der Waals surface area (Å²) in [4.78, 5) is 25.8. The molecular formula is C16H13NO3. The number of hydrogen-bond acceptors (Lipinski definition) is 3. The van der Waals surface area contributed by atoms with Crippen LogP contribution in [-0.2, 0) is 4.79 Å². The van der Waals surface area contributed by atoms with Gasteiger partial charge in [-0.2, -0.15) is 0 Å². The van der Waals surface area contributed by atoms with Crippen LogP contribution < -0.4 is 9.64 Å². The number of carbonyl (C=O) groups is 2. The second-order valence-electron chi connectivity index (χ2n) is 4.55. The van der Waals surface area contributed by atoms with Gasteiger partial charge in [0.2, 0.25) is 5.91 Å². The van der Waals surface area contributed by atoms with E-state index in [1.54, 1.807) is 30.2 Å². The zero-order chi connectivity index (χ0) is 14.1. The molecule has 0 unspecified atom stereocenters. The Morgan fingerprint density at radius 3 is 2.50 bits per heavy atom. The van der Waals surface area contributed by atoms with E-state index in [-0.39, 0.29) is 18.1 Å². The number of fused-ring (bicyclic) bond motifs is 1. The van der Waals surface area contributed by atoms with E-state index in [4.69, 9.17) is 4.74 Å². The van der Waals surface area contributed by atoms with Gasteiger partial charge in [0.05, 0.1) is 19.2 Å². The molecule has 0 saturated heterocycles. The smallest absolute Gasteiger partial charge is 0.239 e. The highest BCUT2D eigenvalue weighted by molar-refractivity contribution is 6.22. The average molecular weight is 267 g/mol. The van der Waals surface area contributed by atoms with Gasteiger partial charge in [0.25, 0.3) is 0 Å². The van der Waals surface area contributed by atoms with Gasteiger partial charge in [0.15, 0.2) is 5.78 Å². The van der Waals surface area contributed by atoms with Crippen molar-refractivity contribution in [2.75, 3.05) is 12.0 Å². The first kappa shape index (κ1) is 12.4. The van der Waals surface area contributed by atoms with Gasteiger partial charge in [0.1, 0.15) is 5.75 Å². The van der Waals surface area contributed by atoms with Crippen molar-refractivity contribution in [2.24, 2.45) is 0 Å². The predicted octanol–water partition coefficient (Wildman–Crippen LogP) is 2.95. The summed E-state index contributed by atoms with van der Waals surface area (Å²) in [5.41, 5.74) is 1.89. The Morgan fingerprint density at radius 2 is 1.80 bits per heavy atom. The molecule has 4 nitrogen and oxygen atoms in total. The number of para-hydroxylation sites is 1. The fraction of sp³-hybridized carbons (Fsp3) is 0.125. The van der Waals surface area contributed by atoms with Gasteiger partial charge >= 0.3 is 0 Å². The van der Waals surface area contributed by atoms with E-state index in [9.17, 15) is 9.59 Å². The molecule has 2 aromatic rings. The Kier molecular flexibility index (Phi) is 2.99. The lowest BCUT2D eigenvalue weighted by molar-refractivity contribution is -0.117. The van der Waals surface area contributed by atoms with Crippen LogP contribution in [0.3, 0.4) is 0 Å². The van der Waals surface area contributed by atoms with Gasteiger partial charge in [-0.15, -0.1) is 0 Å². The number of rotatable bonds is 2. The molecule has 2 aromatic carbocycles. The molecule has 0 radical (unpaired) electrons. The van der Waals surface area contributed by atoms with Gasteiger partial charge in [-0.1, -0.05) is 18.2 Å². The van der Waals surface area contributed by atoms with E-state index < -0.39 is 0 Å². The number of carbonyl (C=O) groups excluding carboxylic acids is 2. The third-order valence-corrected chi connectivity index (χ3v) is 3.32. The number of methoxy groups -OCH3 is 1. The Bertz CT molecular complexity index is 679. The quantitative estimate of drug-likeness (QED) is 0.786. The summed E-state index contributed by atoms with van der Waals surface area (Å²) >= 11 is 0. The van der Waals surface area contributed by atoms with Crippen LogP contribution in [-0.4, -0.2) is 18.8 Å². The van der Waals surface area contributed by atoms with E-state index in [1.165, 1.54) is 0 Å². The summed E-state index contributed by atoms with van der Waals surface area (Å²) in [7, 11) is 1.55. The van der Waals surface area contributed by atoms with Crippen LogP contribution in [0.2, 0.25) is 0 Å². The monoisotopic (exact) mass is 267 g/mol. The number of hydrogen-bond donors (Lipinski definition) is 0. The Morgan fingerprint density at radius 1 is 1.05 bits per heavy atom. The molecule has 3 rings (SSSR count). The van der Waals surface area contributed by atoms with Crippen molar-refractivity contribution in [2.45, 2.75) is 6.42 Å². The summed E-state index contributed by atoms with van der Waals surface area (Å²) in [6.45, 7) is 0. The summed E-state index contributed by atoms with van der Waals surface area (Å²) in [6, 6.07) is 14.5. The van der Waals surface area contributed by atoms with Crippen molar-refractivity contribution in [3.8, 4) is 5.75 Å². The third kappa shape index (κ3) is 1.95. The highest BCUT2D eigenvalue weighted by atomic mass is 16.5. The van der Waals surface area contributed by atoms with E-state index >= 15 is 0 Å². The molecule has 1 amide bonds. The molecule has 1 aliphatic rings. The lowest BCUT2D eigenvalue weighted by atomic mass is 9.98. The number of benzene rings is 2. The standard InChI is InChI=1S/C16H13NO3/c1-20-12-7-8-14-13(9-12)15(18)10-16(19)17(14)11-5-3-2-4-6-11/h2-9H,10H2,1H3. The SMILES string of the molecule is COc1ccc2c(c1)C(=O)CC(=O)N2c1ccccc1. The predicted molar refractivity (Wildman–Crippen MR) is 75.5 cm³/mol. The average Bonchev–Trinajstić information content (AvgIpc) is 2.48. The molecule has 1 aliphatic heterocycles. The Hall–Kier alpha value is -2.62. The summed E-state index contributed by atoms with van der Waals surface area (Å²) < 4.78 is 5.14. The lowest BCUT2D eigenvalue weighted by Gasteiger charge is -2.28. The van der Waals surface area contributed by atoms with Gasteiger partial charge in [-0.3, -0.25) is 14.5 Å². The lowest BCUT2D eigenvalue weighted by Crippen LogP contribution is -2.33. The van der Waals surface area contributed by atoms with Crippen molar-refractivity contribution in [3.05, 3.63) is 54.1 Å². The maximum absolute atomic E-state index is 12.2. The van der Waals surface area contributed by atoms with Gasteiger partial charge in [-0.05, 0) is 30.3 Å². The summed E-state index contributed by atoms with van der Waals surface area (Å²) in [5, 5.41) is 0. The van der Waals surface area contributed by atoms with Gasteiger partial charge in [-0.25, -0.2) is 0 Å². The number of anilines is 2. The van der Waals surface area contributed by atoms with E-state index in [0.717, 1.165) is 5.69 Å². The molecule has 0 fully saturated rings. The molecule has 20 heavy (non-hydrogen) atoms. The van der Waals surface area contributed by atoms with Crippen LogP contribution in [0, 0.1) is 0 Å². The fourth-order valence-corrected chi connectivity index (χ4v) is 2.37. The molecule has 100 valence electrons. The minimum absolute atomic E-state index is 0.116. The van der Waals surface area contributed by atoms with Crippen LogP contribution in [0.4, 0.5) is 11.4 Å². The highest BCUT2D eigenvalue weighted by Gasteiger charge is 2.31. The molecule has 1 heterocycles. The number of ether oxygens (including phenoxy) is 1. The zero-order valence-electron chi connectivity index (χ0n) is 11.0. The first-order valence-corrected chi connectivity index (χ1v) is 6.30. The van der Waals surface area contributed by atoms with Gasteiger partial charge < -0.3 is 4.74 Å².